The molecule has 0 aliphatic carbocycles. The normalized spacial score (nSPS) is 10.4. The highest BCUT2D eigenvalue weighted by atomic mass is 16.1. The molecule has 0 radical (unpaired) electrons. The molecule has 1 heterocycles. The first-order chi connectivity index (χ1) is 9.45. The zero-order valence-electron chi connectivity index (χ0n) is 12.4. The maximum atomic E-state index is 12.1. The van der Waals surface area contributed by atoms with E-state index in [-0.39, 0.29) is 5.91 Å². The Bertz CT molecular complexity index is 607. The van der Waals surface area contributed by atoms with Crippen LogP contribution in [0.4, 0.5) is 5.69 Å². The van der Waals surface area contributed by atoms with E-state index in [1.165, 1.54) is 5.56 Å². The zero-order valence-corrected chi connectivity index (χ0v) is 12.4. The minimum Gasteiger partial charge on any atom is -0.324 e. The summed E-state index contributed by atoms with van der Waals surface area (Å²) in [4.78, 5) is 16.5. The molecule has 0 bridgehead atoms. The lowest BCUT2D eigenvalue weighted by molar-refractivity contribution is -0.115. The van der Waals surface area contributed by atoms with Gasteiger partial charge in [0.25, 0.3) is 0 Å². The van der Waals surface area contributed by atoms with Crippen molar-refractivity contribution in [3.63, 3.8) is 0 Å². The monoisotopic (exact) mass is 268 g/mol. The van der Waals surface area contributed by atoms with Crippen LogP contribution >= 0.6 is 0 Å². The highest BCUT2D eigenvalue weighted by molar-refractivity contribution is 5.93. The molecule has 0 saturated carbocycles. The number of rotatable bonds is 3. The quantitative estimate of drug-likeness (QED) is 0.925. The Kier molecular flexibility index (Phi) is 4.18. The number of anilines is 1. The molecule has 3 heteroatoms. The van der Waals surface area contributed by atoms with Crippen LogP contribution in [0.15, 0.2) is 30.3 Å². The van der Waals surface area contributed by atoms with E-state index in [0.717, 1.165) is 28.2 Å². The Morgan fingerprint density at radius 1 is 1.10 bits per heavy atom. The Hall–Kier alpha value is -2.16. The third kappa shape index (κ3) is 3.44. The lowest BCUT2D eigenvalue weighted by atomic mass is 10.1. The van der Waals surface area contributed by atoms with E-state index < -0.39 is 0 Å². The maximum Gasteiger partial charge on any atom is 0.228 e. The van der Waals surface area contributed by atoms with E-state index in [0.29, 0.717) is 6.42 Å². The number of pyridine rings is 1. The molecule has 3 nitrogen and oxygen atoms in total. The number of hydrogen-bond donors (Lipinski definition) is 1. The SMILES string of the molecule is Cc1ccc(CC(=O)Nc2c(C)cc(C)nc2C)cc1. The number of benzene rings is 1. The van der Waals surface area contributed by atoms with Crippen LogP contribution in [0.25, 0.3) is 0 Å². The lowest BCUT2D eigenvalue weighted by Gasteiger charge is -2.12. The number of nitrogens with one attached hydrogen (secondary N) is 1. The molecule has 1 N–H and O–H groups in total. The summed E-state index contributed by atoms with van der Waals surface area (Å²) in [6, 6.07) is 10.00. The summed E-state index contributed by atoms with van der Waals surface area (Å²) in [5, 5.41) is 2.97. The van der Waals surface area contributed by atoms with Gasteiger partial charge in [0.15, 0.2) is 0 Å². The van der Waals surface area contributed by atoms with Gasteiger partial charge in [-0.15, -0.1) is 0 Å². The topological polar surface area (TPSA) is 42.0 Å². The highest BCUT2D eigenvalue weighted by Gasteiger charge is 2.09. The summed E-state index contributed by atoms with van der Waals surface area (Å²) in [5.74, 6) is -0.00861. The van der Waals surface area contributed by atoms with E-state index >= 15 is 0 Å². The van der Waals surface area contributed by atoms with Crippen molar-refractivity contribution in [2.24, 2.45) is 0 Å². The summed E-state index contributed by atoms with van der Waals surface area (Å²) in [5.41, 5.74) is 5.92. The number of hydrogen-bond acceptors (Lipinski definition) is 2. The minimum absolute atomic E-state index is 0.00861. The molecule has 0 atom stereocenters. The number of carbonyl (C=O) groups is 1. The summed E-state index contributed by atoms with van der Waals surface area (Å²) in [6.07, 6.45) is 0.382. The first-order valence-electron chi connectivity index (χ1n) is 6.76. The van der Waals surface area contributed by atoms with Crippen molar-refractivity contribution in [3.8, 4) is 0 Å². The average molecular weight is 268 g/mol. The van der Waals surface area contributed by atoms with Crippen molar-refractivity contribution >= 4 is 11.6 Å². The number of carbonyl (C=O) groups excluding carboxylic acids is 1. The smallest absolute Gasteiger partial charge is 0.228 e. The van der Waals surface area contributed by atoms with Gasteiger partial charge in [-0.3, -0.25) is 9.78 Å². The summed E-state index contributed by atoms with van der Waals surface area (Å²) >= 11 is 0. The van der Waals surface area contributed by atoms with Gasteiger partial charge >= 0.3 is 0 Å². The van der Waals surface area contributed by atoms with Gasteiger partial charge in [-0.05, 0) is 44.9 Å². The van der Waals surface area contributed by atoms with E-state index in [2.05, 4.69) is 10.3 Å². The Morgan fingerprint density at radius 2 is 1.75 bits per heavy atom. The molecule has 1 aromatic carbocycles. The van der Waals surface area contributed by atoms with E-state index in [9.17, 15) is 4.79 Å². The maximum absolute atomic E-state index is 12.1. The summed E-state index contributed by atoms with van der Waals surface area (Å²) in [6.45, 7) is 7.90. The van der Waals surface area contributed by atoms with Crippen molar-refractivity contribution in [3.05, 3.63) is 58.4 Å². The molecule has 104 valence electrons. The second kappa shape index (κ2) is 5.87. The summed E-state index contributed by atoms with van der Waals surface area (Å²) < 4.78 is 0. The molecular formula is C17H20N2O. The molecule has 2 aromatic rings. The first kappa shape index (κ1) is 14.3. The van der Waals surface area contributed by atoms with Crippen molar-refractivity contribution in [2.75, 3.05) is 5.32 Å². The van der Waals surface area contributed by atoms with Crippen LogP contribution in [0.5, 0.6) is 0 Å². The minimum atomic E-state index is -0.00861. The van der Waals surface area contributed by atoms with Crippen LogP contribution in [-0.2, 0) is 11.2 Å². The fraction of sp³-hybridized carbons (Fsp3) is 0.294. The Labute approximate surface area is 120 Å². The Balaban J connectivity index is 2.10. The molecule has 0 aliphatic heterocycles. The van der Waals surface area contributed by atoms with Crippen LogP contribution in [0.3, 0.4) is 0 Å². The predicted octanol–water partition coefficient (Wildman–Crippen LogP) is 3.50. The third-order valence-corrected chi connectivity index (χ3v) is 3.28. The predicted molar refractivity (Wildman–Crippen MR) is 82.0 cm³/mol. The van der Waals surface area contributed by atoms with Crippen LogP contribution in [-0.4, -0.2) is 10.9 Å². The molecule has 2 rings (SSSR count). The van der Waals surface area contributed by atoms with Crippen molar-refractivity contribution in [2.45, 2.75) is 34.1 Å². The van der Waals surface area contributed by atoms with Crippen LogP contribution in [0.1, 0.15) is 28.1 Å². The number of nitrogens with zero attached hydrogens (tertiary/aromatic N) is 1. The van der Waals surface area contributed by atoms with Crippen LogP contribution < -0.4 is 5.32 Å². The molecule has 1 amide bonds. The largest absolute Gasteiger partial charge is 0.324 e. The Morgan fingerprint density at radius 3 is 2.35 bits per heavy atom. The number of amides is 1. The van der Waals surface area contributed by atoms with Gasteiger partial charge in [0, 0.05) is 5.69 Å². The second-order valence-corrected chi connectivity index (χ2v) is 5.25. The van der Waals surface area contributed by atoms with Gasteiger partial charge in [-0.25, -0.2) is 0 Å². The molecule has 0 unspecified atom stereocenters. The van der Waals surface area contributed by atoms with Gasteiger partial charge < -0.3 is 5.32 Å². The van der Waals surface area contributed by atoms with E-state index in [4.69, 9.17) is 0 Å². The lowest BCUT2D eigenvalue weighted by Crippen LogP contribution is -2.16. The fourth-order valence-corrected chi connectivity index (χ4v) is 2.29. The van der Waals surface area contributed by atoms with Gasteiger partial charge in [-0.2, -0.15) is 0 Å². The van der Waals surface area contributed by atoms with Gasteiger partial charge in [-0.1, -0.05) is 29.8 Å². The van der Waals surface area contributed by atoms with Crippen molar-refractivity contribution in [1.29, 1.82) is 0 Å². The highest BCUT2D eigenvalue weighted by Crippen LogP contribution is 2.19. The standard InChI is InChI=1S/C17H20N2O/c1-11-5-7-15(8-6-11)10-16(20)19-17-12(2)9-13(3)18-14(17)4/h5-9H,10H2,1-4H3,(H,19,20). The van der Waals surface area contributed by atoms with E-state index in [1.54, 1.807) is 0 Å². The molecular weight excluding hydrogens is 248 g/mol. The number of aromatic nitrogens is 1. The number of aryl methyl sites for hydroxylation is 4. The second-order valence-electron chi connectivity index (χ2n) is 5.25. The average Bonchev–Trinajstić information content (AvgIpc) is 2.36. The summed E-state index contributed by atoms with van der Waals surface area (Å²) in [7, 11) is 0. The van der Waals surface area contributed by atoms with E-state index in [1.807, 2.05) is 58.0 Å². The molecule has 0 saturated heterocycles. The fourth-order valence-electron chi connectivity index (χ4n) is 2.29. The van der Waals surface area contributed by atoms with Gasteiger partial charge in [0.1, 0.15) is 0 Å². The molecule has 0 spiro atoms. The van der Waals surface area contributed by atoms with Gasteiger partial charge in [0.05, 0.1) is 17.8 Å². The molecule has 20 heavy (non-hydrogen) atoms. The van der Waals surface area contributed by atoms with Crippen LogP contribution in [0, 0.1) is 27.7 Å². The molecule has 0 aliphatic rings. The first-order valence-corrected chi connectivity index (χ1v) is 6.76. The molecule has 1 aromatic heterocycles. The zero-order chi connectivity index (χ0) is 14.7. The van der Waals surface area contributed by atoms with Crippen molar-refractivity contribution in [1.82, 2.24) is 4.98 Å². The van der Waals surface area contributed by atoms with Crippen molar-refractivity contribution < 1.29 is 4.79 Å². The van der Waals surface area contributed by atoms with Gasteiger partial charge in [0.2, 0.25) is 5.91 Å². The molecule has 0 fully saturated rings. The third-order valence-electron chi connectivity index (χ3n) is 3.28. The van der Waals surface area contributed by atoms with Crippen LogP contribution in [0.2, 0.25) is 0 Å².